The number of thiazole rings is 1. The van der Waals surface area contributed by atoms with Gasteiger partial charge in [-0.25, -0.2) is 13.8 Å². The van der Waals surface area contributed by atoms with E-state index in [1.165, 1.54) is 50.4 Å². The third-order valence-corrected chi connectivity index (χ3v) is 7.31. The third-order valence-electron chi connectivity index (χ3n) is 6.35. The Labute approximate surface area is 219 Å². The van der Waals surface area contributed by atoms with Crippen molar-refractivity contribution >= 4 is 28.3 Å². The van der Waals surface area contributed by atoms with Crippen molar-refractivity contribution in [2.24, 2.45) is 5.92 Å². The lowest BCUT2D eigenvalue weighted by Gasteiger charge is -2.21. The number of hydrogen-bond acceptors (Lipinski definition) is 5. The molecule has 0 aliphatic heterocycles. The first-order valence-corrected chi connectivity index (χ1v) is 13.4. The zero-order chi connectivity index (χ0) is 26.2. The van der Waals surface area contributed by atoms with Crippen LogP contribution in [0.3, 0.4) is 0 Å². The van der Waals surface area contributed by atoms with E-state index in [0.717, 1.165) is 40.8 Å². The molecule has 2 aromatic carbocycles. The first-order valence-electron chi connectivity index (χ1n) is 12.5. The molecule has 1 heterocycles. The fraction of sp³-hybridized carbons (Fsp3) is 0.393. The van der Waals surface area contributed by atoms with Crippen LogP contribution in [0.5, 0.6) is 0 Å². The molecule has 0 spiro atoms. The topological polar surface area (TPSA) is 80.3 Å². The molecule has 1 atom stereocenters. The fourth-order valence-corrected chi connectivity index (χ4v) is 5.26. The van der Waals surface area contributed by atoms with Gasteiger partial charge in [-0.2, -0.15) is 0 Å². The van der Waals surface area contributed by atoms with Crippen molar-refractivity contribution in [3.05, 3.63) is 71.4 Å². The van der Waals surface area contributed by atoms with Crippen LogP contribution in [-0.2, 0) is 27.4 Å². The molecule has 6 nitrogen and oxygen atoms in total. The highest BCUT2D eigenvalue weighted by Gasteiger charge is 2.18. The minimum Gasteiger partial charge on any atom is -0.376 e. The van der Waals surface area contributed by atoms with Gasteiger partial charge in [0.1, 0.15) is 17.7 Å². The van der Waals surface area contributed by atoms with Crippen molar-refractivity contribution in [1.29, 1.82) is 0 Å². The normalized spacial score (nSPS) is 14.8. The molecule has 0 unspecified atom stereocenters. The second-order valence-corrected chi connectivity index (χ2v) is 10.5. The van der Waals surface area contributed by atoms with Crippen molar-refractivity contribution in [2.45, 2.75) is 58.1 Å². The maximum atomic E-state index is 13.3. The average Bonchev–Trinajstić information content (AvgIpc) is 3.32. The van der Waals surface area contributed by atoms with Crippen LogP contribution >= 0.6 is 11.3 Å². The van der Waals surface area contributed by atoms with Gasteiger partial charge in [0.05, 0.1) is 17.9 Å². The molecule has 2 amide bonds. The summed E-state index contributed by atoms with van der Waals surface area (Å²) in [7, 11) is 0. The number of nitrogens with zero attached hydrogens (tertiary/aromatic N) is 1. The maximum absolute atomic E-state index is 13.3. The first kappa shape index (κ1) is 26.9. The number of anilines is 1. The molecule has 0 radical (unpaired) electrons. The van der Waals surface area contributed by atoms with E-state index in [2.05, 4.69) is 21.7 Å². The number of carbonyl (C=O) groups excluding carboxylic acids is 2. The summed E-state index contributed by atoms with van der Waals surface area (Å²) < 4.78 is 32.6. The summed E-state index contributed by atoms with van der Waals surface area (Å²) in [4.78, 5) is 30.0. The predicted molar refractivity (Wildman–Crippen MR) is 140 cm³/mol. The van der Waals surface area contributed by atoms with Crippen LogP contribution in [-0.4, -0.2) is 29.4 Å². The Hall–Kier alpha value is -3.17. The Balaban J connectivity index is 1.27. The van der Waals surface area contributed by atoms with E-state index in [9.17, 15) is 18.4 Å². The minimum atomic E-state index is -0.858. The molecular weight excluding hydrogens is 496 g/mol. The monoisotopic (exact) mass is 527 g/mol. The van der Waals surface area contributed by atoms with Gasteiger partial charge in [-0.3, -0.25) is 9.59 Å². The van der Waals surface area contributed by atoms with Gasteiger partial charge in [-0.05, 0) is 60.6 Å². The number of nitrogens with one attached hydrogen (secondary N) is 2. The third kappa shape index (κ3) is 8.16. The summed E-state index contributed by atoms with van der Waals surface area (Å²) in [5.74, 6) is -1.81. The van der Waals surface area contributed by atoms with E-state index < -0.39 is 29.5 Å². The molecule has 1 saturated carbocycles. The molecule has 0 bridgehead atoms. The number of ether oxygens (including phenoxy) is 1. The number of hydrogen-bond donors (Lipinski definition) is 2. The first-order chi connectivity index (χ1) is 17.9. The van der Waals surface area contributed by atoms with Crippen LogP contribution in [0, 0.1) is 17.6 Å². The molecule has 37 heavy (non-hydrogen) atoms. The van der Waals surface area contributed by atoms with Crippen LogP contribution in [0.1, 0.15) is 50.2 Å². The van der Waals surface area contributed by atoms with Gasteiger partial charge in [-0.15, -0.1) is 0 Å². The summed E-state index contributed by atoms with van der Waals surface area (Å²) in [5.41, 5.74) is 2.26. The average molecular weight is 528 g/mol. The van der Waals surface area contributed by atoms with E-state index >= 15 is 0 Å². The Morgan fingerprint density at radius 2 is 1.84 bits per heavy atom. The van der Waals surface area contributed by atoms with E-state index in [0.29, 0.717) is 17.7 Å². The summed E-state index contributed by atoms with van der Waals surface area (Å²) in [6.07, 6.45) is 7.90. The van der Waals surface area contributed by atoms with Gasteiger partial charge in [0.15, 0.2) is 5.13 Å². The quantitative estimate of drug-likeness (QED) is 0.346. The highest BCUT2D eigenvalue weighted by molar-refractivity contribution is 7.19. The van der Waals surface area contributed by atoms with Crippen molar-refractivity contribution in [2.75, 3.05) is 11.9 Å². The van der Waals surface area contributed by atoms with Crippen molar-refractivity contribution < 1.29 is 23.1 Å². The molecule has 196 valence electrons. The van der Waals surface area contributed by atoms with Gasteiger partial charge in [0, 0.05) is 18.9 Å². The second-order valence-electron chi connectivity index (χ2n) is 9.48. The summed E-state index contributed by atoms with van der Waals surface area (Å²) >= 11 is 1.33. The Morgan fingerprint density at radius 3 is 2.59 bits per heavy atom. The Bertz CT molecular complexity index is 1210. The summed E-state index contributed by atoms with van der Waals surface area (Å²) in [6, 6.07) is 10.1. The lowest BCUT2D eigenvalue weighted by molar-refractivity contribution is -0.125. The lowest BCUT2D eigenvalue weighted by atomic mass is 9.90. The van der Waals surface area contributed by atoms with Crippen molar-refractivity contribution in [3.63, 3.8) is 0 Å². The van der Waals surface area contributed by atoms with Crippen molar-refractivity contribution in [1.82, 2.24) is 10.3 Å². The lowest BCUT2D eigenvalue weighted by Crippen LogP contribution is -2.42. The van der Waals surface area contributed by atoms with Crippen LogP contribution in [0.2, 0.25) is 0 Å². The Kier molecular flexibility index (Phi) is 9.35. The predicted octanol–water partition coefficient (Wildman–Crippen LogP) is 5.87. The summed E-state index contributed by atoms with van der Waals surface area (Å²) in [6.45, 7) is 2.89. The molecule has 4 rings (SSSR count). The van der Waals surface area contributed by atoms with Crippen LogP contribution in [0.15, 0.2) is 48.7 Å². The molecule has 0 saturated heterocycles. The number of rotatable bonds is 10. The molecular formula is C28H31F2N3O3S. The SMILES string of the molecule is C[C@H](NC(=O)Cc1cc(F)cc(F)c1)C(=O)Nc1ncc(-c2cccc(COCC3CCCCC3)c2)s1. The number of carbonyl (C=O) groups is 2. The molecule has 3 aromatic rings. The standard InChI is InChI=1S/C28H31F2N3O3S/c1-18(32-26(34)13-21-11-23(29)14-24(30)12-21)27(35)33-28-31-15-25(37-28)22-9-5-8-20(10-22)17-36-16-19-6-3-2-4-7-19/h5,8-12,14-15,18-19H,2-4,6-7,13,16-17H2,1H3,(H,32,34)(H,31,33,35)/t18-/m0/s1. The van der Waals surface area contributed by atoms with Crippen LogP contribution in [0.25, 0.3) is 10.4 Å². The van der Waals surface area contributed by atoms with Crippen LogP contribution in [0.4, 0.5) is 13.9 Å². The second kappa shape index (κ2) is 12.9. The molecule has 1 fully saturated rings. The van der Waals surface area contributed by atoms with Gasteiger partial charge >= 0.3 is 0 Å². The number of amides is 2. The van der Waals surface area contributed by atoms with Gasteiger partial charge < -0.3 is 15.4 Å². The molecule has 9 heteroatoms. The van der Waals surface area contributed by atoms with Crippen LogP contribution < -0.4 is 10.6 Å². The smallest absolute Gasteiger partial charge is 0.248 e. The van der Waals surface area contributed by atoms with Gasteiger partial charge in [0.2, 0.25) is 11.8 Å². The number of halogens is 2. The minimum absolute atomic E-state index is 0.189. The molecule has 1 aliphatic rings. The van der Waals surface area contributed by atoms with Crippen molar-refractivity contribution in [3.8, 4) is 10.4 Å². The number of aromatic nitrogens is 1. The van der Waals surface area contributed by atoms with E-state index in [4.69, 9.17) is 4.74 Å². The fourth-order valence-electron chi connectivity index (χ4n) is 4.45. The highest BCUT2D eigenvalue weighted by atomic mass is 32.1. The molecule has 2 N–H and O–H groups in total. The van der Waals surface area contributed by atoms with Gasteiger partial charge in [-0.1, -0.05) is 48.8 Å². The summed E-state index contributed by atoms with van der Waals surface area (Å²) in [5, 5.41) is 5.67. The zero-order valence-corrected chi connectivity index (χ0v) is 21.6. The number of benzene rings is 2. The zero-order valence-electron chi connectivity index (χ0n) is 20.8. The maximum Gasteiger partial charge on any atom is 0.248 e. The largest absolute Gasteiger partial charge is 0.376 e. The van der Waals surface area contributed by atoms with E-state index in [-0.39, 0.29) is 12.0 Å². The van der Waals surface area contributed by atoms with E-state index in [1.807, 2.05) is 18.2 Å². The van der Waals surface area contributed by atoms with E-state index in [1.54, 1.807) is 6.20 Å². The van der Waals surface area contributed by atoms with Gasteiger partial charge in [0.25, 0.3) is 0 Å². The molecule has 1 aromatic heterocycles. The molecule has 1 aliphatic carbocycles. The highest BCUT2D eigenvalue weighted by Crippen LogP contribution is 2.30. The Morgan fingerprint density at radius 1 is 1.08 bits per heavy atom.